The first-order valence-electron chi connectivity index (χ1n) is 21.5. The Balaban J connectivity index is 1.01. The van der Waals surface area contributed by atoms with E-state index < -0.39 is 0 Å². The molecule has 0 amide bonds. The van der Waals surface area contributed by atoms with Gasteiger partial charge in [0, 0.05) is 62.8 Å². The third-order valence-corrected chi connectivity index (χ3v) is 15.6. The van der Waals surface area contributed by atoms with E-state index in [2.05, 4.69) is 207 Å². The van der Waals surface area contributed by atoms with Gasteiger partial charge in [0.25, 0.3) is 0 Å². The fraction of sp³-hybridized carbons (Fsp3) is 0.123. The third-order valence-electron chi connectivity index (χ3n) is 13.3. The van der Waals surface area contributed by atoms with Gasteiger partial charge < -0.3 is 9.80 Å². The Bertz CT molecular complexity index is 3570. The van der Waals surface area contributed by atoms with Crippen LogP contribution in [0.1, 0.15) is 49.9 Å². The molecule has 0 radical (unpaired) electrons. The van der Waals surface area contributed by atoms with E-state index in [1.54, 1.807) is 0 Å². The standard InChI is InChI=1S/C57H44N2S2/c1-5-35-15-7-11-19-49(35)58(51-33-55-45(31-36(51)6-2)43-16-8-13-21-53(43)60-55)41-25-23-37-28-40-30-42(26-24-38(40)27-39(37)29-41)59-50-20-12-10-18-47(50)57(3,4)48-32-46-44-17-9-14-22-54(44)61-56(46)34-52(48)59/h7-34H,5-6H2,1-4H3. The van der Waals surface area contributed by atoms with Crippen LogP contribution in [0.25, 0.3) is 61.9 Å². The first kappa shape index (κ1) is 36.4. The second-order valence-corrected chi connectivity index (χ2v) is 19.3. The molecule has 0 N–H and O–H groups in total. The summed E-state index contributed by atoms with van der Waals surface area (Å²) in [4.78, 5) is 5.03. The predicted octanol–water partition coefficient (Wildman–Crippen LogP) is 17.4. The largest absolute Gasteiger partial charge is 0.310 e. The van der Waals surface area contributed by atoms with E-state index in [0.29, 0.717) is 0 Å². The highest BCUT2D eigenvalue weighted by Gasteiger charge is 2.37. The van der Waals surface area contributed by atoms with Crippen molar-refractivity contribution in [3.8, 4) is 0 Å². The molecule has 0 aliphatic carbocycles. The zero-order valence-corrected chi connectivity index (χ0v) is 36.4. The lowest BCUT2D eigenvalue weighted by Gasteiger charge is -2.42. The average molecular weight is 821 g/mol. The predicted molar refractivity (Wildman–Crippen MR) is 267 cm³/mol. The van der Waals surface area contributed by atoms with E-state index in [1.165, 1.54) is 118 Å². The second-order valence-electron chi connectivity index (χ2n) is 17.1. The van der Waals surface area contributed by atoms with Crippen LogP contribution in [-0.2, 0) is 18.3 Å². The van der Waals surface area contributed by atoms with Crippen molar-refractivity contribution in [2.75, 3.05) is 9.80 Å². The molecule has 12 rings (SSSR count). The molecule has 0 saturated heterocycles. The number of thiophene rings is 2. The van der Waals surface area contributed by atoms with Crippen LogP contribution in [0.15, 0.2) is 170 Å². The first-order valence-corrected chi connectivity index (χ1v) is 23.2. The number of benzene rings is 9. The van der Waals surface area contributed by atoms with Crippen LogP contribution < -0.4 is 9.80 Å². The summed E-state index contributed by atoms with van der Waals surface area (Å²) in [5.74, 6) is 0. The van der Waals surface area contributed by atoms with Crippen LogP contribution in [0.4, 0.5) is 34.1 Å². The lowest BCUT2D eigenvalue weighted by Crippen LogP contribution is -2.30. The van der Waals surface area contributed by atoms with Gasteiger partial charge in [-0.05, 0) is 142 Å². The van der Waals surface area contributed by atoms with Gasteiger partial charge in [0.2, 0.25) is 0 Å². The normalized spacial score (nSPS) is 13.5. The summed E-state index contributed by atoms with van der Waals surface area (Å²) in [5, 5.41) is 10.3. The summed E-state index contributed by atoms with van der Waals surface area (Å²) in [5.41, 5.74) is 12.6. The summed E-state index contributed by atoms with van der Waals surface area (Å²) in [6, 6.07) is 64.3. The fourth-order valence-corrected chi connectivity index (χ4v) is 12.4. The van der Waals surface area contributed by atoms with Crippen LogP contribution in [0.3, 0.4) is 0 Å². The first-order chi connectivity index (χ1) is 29.9. The van der Waals surface area contributed by atoms with Gasteiger partial charge >= 0.3 is 0 Å². The van der Waals surface area contributed by atoms with Gasteiger partial charge in [-0.3, -0.25) is 0 Å². The zero-order valence-electron chi connectivity index (χ0n) is 34.8. The van der Waals surface area contributed by atoms with Crippen LogP contribution in [-0.4, -0.2) is 0 Å². The highest BCUT2D eigenvalue weighted by Crippen LogP contribution is 2.54. The number of nitrogens with zero attached hydrogens (tertiary/aromatic N) is 2. The van der Waals surface area contributed by atoms with Crippen molar-refractivity contribution in [3.63, 3.8) is 0 Å². The van der Waals surface area contributed by atoms with Gasteiger partial charge in [0.05, 0.1) is 17.1 Å². The van der Waals surface area contributed by atoms with Crippen LogP contribution in [0.2, 0.25) is 0 Å². The zero-order chi connectivity index (χ0) is 41.0. The molecule has 1 aliphatic heterocycles. The fourth-order valence-electron chi connectivity index (χ4n) is 10.2. The maximum Gasteiger partial charge on any atom is 0.0517 e. The molecule has 0 fully saturated rings. The number of para-hydroxylation sites is 2. The number of hydrogen-bond acceptors (Lipinski definition) is 4. The molecule has 1 aliphatic rings. The Kier molecular flexibility index (Phi) is 8.23. The van der Waals surface area contributed by atoms with Gasteiger partial charge in [-0.2, -0.15) is 0 Å². The monoisotopic (exact) mass is 820 g/mol. The van der Waals surface area contributed by atoms with Crippen LogP contribution >= 0.6 is 22.7 Å². The number of rotatable bonds is 6. The van der Waals surface area contributed by atoms with Crippen molar-refractivity contribution < 1.29 is 0 Å². The van der Waals surface area contributed by atoms with Crippen LogP contribution in [0, 0.1) is 0 Å². The molecule has 0 bridgehead atoms. The molecule has 0 spiro atoms. The second kappa shape index (κ2) is 13.8. The Morgan fingerprint density at radius 3 is 1.82 bits per heavy atom. The van der Waals surface area contributed by atoms with Crippen molar-refractivity contribution in [2.24, 2.45) is 0 Å². The molecular formula is C57H44N2S2. The smallest absolute Gasteiger partial charge is 0.0517 e. The van der Waals surface area contributed by atoms with E-state index in [1.807, 2.05) is 22.7 Å². The minimum absolute atomic E-state index is 0.155. The van der Waals surface area contributed by atoms with E-state index in [4.69, 9.17) is 0 Å². The molecule has 0 saturated carbocycles. The molecule has 9 aromatic carbocycles. The van der Waals surface area contributed by atoms with Crippen molar-refractivity contribution in [2.45, 2.75) is 46.0 Å². The molecular weight excluding hydrogens is 777 g/mol. The van der Waals surface area contributed by atoms with Gasteiger partial charge in [0.1, 0.15) is 0 Å². The third kappa shape index (κ3) is 5.59. The quantitative estimate of drug-likeness (QED) is 0.154. The summed E-state index contributed by atoms with van der Waals surface area (Å²) < 4.78 is 5.33. The lowest BCUT2D eigenvalue weighted by molar-refractivity contribution is 0.633. The Morgan fingerprint density at radius 1 is 0.443 bits per heavy atom. The lowest BCUT2D eigenvalue weighted by atomic mass is 9.73. The van der Waals surface area contributed by atoms with Crippen molar-refractivity contribution in [1.29, 1.82) is 0 Å². The molecule has 11 aromatic rings. The molecule has 294 valence electrons. The SMILES string of the molecule is CCc1ccccc1N(c1ccc2cc3cc(N4c5ccccc5C(C)(C)c5cc6c(cc54)sc4ccccc46)ccc3cc2c1)c1cc2sc3ccccc3c2cc1CC. The van der Waals surface area contributed by atoms with E-state index in [9.17, 15) is 0 Å². The number of anilines is 6. The Hall–Kier alpha value is -6.46. The molecule has 2 aromatic heterocycles. The minimum Gasteiger partial charge on any atom is -0.310 e. The van der Waals surface area contributed by atoms with E-state index in [-0.39, 0.29) is 5.41 Å². The number of aryl methyl sites for hydroxylation is 2. The maximum atomic E-state index is 2.52. The molecule has 0 unspecified atom stereocenters. The molecule has 61 heavy (non-hydrogen) atoms. The molecule has 3 heterocycles. The minimum atomic E-state index is -0.155. The number of fused-ring (bicyclic) bond motifs is 10. The Labute approximate surface area is 364 Å². The molecule has 2 nitrogen and oxygen atoms in total. The molecule has 4 heteroatoms. The summed E-state index contributed by atoms with van der Waals surface area (Å²) in [7, 11) is 0. The van der Waals surface area contributed by atoms with Gasteiger partial charge in [0.15, 0.2) is 0 Å². The van der Waals surface area contributed by atoms with Crippen molar-refractivity contribution in [3.05, 3.63) is 192 Å². The van der Waals surface area contributed by atoms with Crippen molar-refractivity contribution >= 4 is 119 Å². The van der Waals surface area contributed by atoms with Gasteiger partial charge in [-0.1, -0.05) is 113 Å². The highest BCUT2D eigenvalue weighted by atomic mass is 32.1. The van der Waals surface area contributed by atoms with Crippen molar-refractivity contribution in [1.82, 2.24) is 0 Å². The van der Waals surface area contributed by atoms with E-state index >= 15 is 0 Å². The average Bonchev–Trinajstić information content (AvgIpc) is 3.85. The van der Waals surface area contributed by atoms with Crippen LogP contribution in [0.5, 0.6) is 0 Å². The van der Waals surface area contributed by atoms with E-state index in [0.717, 1.165) is 12.8 Å². The van der Waals surface area contributed by atoms with Gasteiger partial charge in [-0.25, -0.2) is 0 Å². The van der Waals surface area contributed by atoms with Gasteiger partial charge in [-0.15, -0.1) is 22.7 Å². The molecule has 0 atom stereocenters. The summed E-state index contributed by atoms with van der Waals surface area (Å²) in [6.45, 7) is 9.32. The Morgan fingerprint density at radius 2 is 1.07 bits per heavy atom. The summed E-state index contributed by atoms with van der Waals surface area (Å²) >= 11 is 3.78. The highest BCUT2D eigenvalue weighted by molar-refractivity contribution is 7.26. The summed E-state index contributed by atoms with van der Waals surface area (Å²) in [6.07, 6.45) is 1.90. The maximum absolute atomic E-state index is 2.52. The number of hydrogen-bond donors (Lipinski definition) is 0. The topological polar surface area (TPSA) is 6.48 Å².